The summed E-state index contributed by atoms with van der Waals surface area (Å²) < 4.78 is 57.7. The zero-order valence-corrected chi connectivity index (χ0v) is 18.5. The number of carbonyl (C=O) groups excluding carboxylic acids is 1. The molecule has 0 spiro atoms. The standard InChI is InChI=1S/C21H24N2O6S2/c24-21(22-11-10-20(16-22)30(25,26)18-4-2-1-3-5-18)17-6-8-19(9-7-17)31(27,28)23-12-14-29-15-13-23/h1-9,20H,10-16H2. The van der Waals surface area contributed by atoms with E-state index < -0.39 is 25.1 Å². The molecule has 2 aromatic carbocycles. The number of carbonyl (C=O) groups is 1. The molecule has 0 radical (unpaired) electrons. The Bertz CT molecular complexity index is 1140. The van der Waals surface area contributed by atoms with E-state index in [1.807, 2.05) is 0 Å². The molecule has 2 aliphatic rings. The van der Waals surface area contributed by atoms with E-state index in [0.29, 0.717) is 44.8 Å². The van der Waals surface area contributed by atoms with E-state index in [2.05, 4.69) is 0 Å². The van der Waals surface area contributed by atoms with Crippen molar-refractivity contribution in [3.8, 4) is 0 Å². The highest BCUT2D eigenvalue weighted by Gasteiger charge is 2.36. The van der Waals surface area contributed by atoms with Gasteiger partial charge in [-0.2, -0.15) is 4.31 Å². The highest BCUT2D eigenvalue weighted by Crippen LogP contribution is 2.25. The Hall–Kier alpha value is -2.27. The van der Waals surface area contributed by atoms with Crippen LogP contribution in [-0.4, -0.2) is 76.6 Å². The number of hydrogen-bond donors (Lipinski definition) is 0. The Morgan fingerprint density at radius 3 is 2.13 bits per heavy atom. The summed E-state index contributed by atoms with van der Waals surface area (Å²) in [6.45, 7) is 1.77. The average molecular weight is 465 g/mol. The maximum absolute atomic E-state index is 12.9. The average Bonchev–Trinajstić information content (AvgIpc) is 3.31. The molecular weight excluding hydrogens is 440 g/mol. The second-order valence-corrected chi connectivity index (χ2v) is 11.7. The molecule has 2 fully saturated rings. The molecular formula is C21H24N2O6S2. The van der Waals surface area contributed by atoms with E-state index in [-0.39, 0.29) is 22.2 Å². The number of sulfonamides is 1. The zero-order valence-electron chi connectivity index (χ0n) is 16.9. The molecule has 2 heterocycles. The molecule has 2 saturated heterocycles. The van der Waals surface area contributed by atoms with E-state index >= 15 is 0 Å². The summed E-state index contributed by atoms with van der Waals surface area (Å²) in [5, 5.41) is -0.653. The van der Waals surface area contributed by atoms with Gasteiger partial charge < -0.3 is 9.64 Å². The van der Waals surface area contributed by atoms with Gasteiger partial charge in [0, 0.05) is 31.7 Å². The van der Waals surface area contributed by atoms with Gasteiger partial charge in [0.05, 0.1) is 28.3 Å². The molecule has 0 N–H and O–H groups in total. The normalized spacial score (nSPS) is 20.6. The molecule has 8 nitrogen and oxygen atoms in total. The quantitative estimate of drug-likeness (QED) is 0.663. The van der Waals surface area contributed by atoms with Crippen LogP contribution in [0, 0.1) is 0 Å². The lowest BCUT2D eigenvalue weighted by molar-refractivity contribution is 0.0730. The van der Waals surface area contributed by atoms with Gasteiger partial charge in [0.2, 0.25) is 10.0 Å². The maximum Gasteiger partial charge on any atom is 0.253 e. The van der Waals surface area contributed by atoms with E-state index in [1.54, 1.807) is 30.3 Å². The molecule has 10 heteroatoms. The van der Waals surface area contributed by atoms with Gasteiger partial charge in [-0.05, 0) is 42.8 Å². The van der Waals surface area contributed by atoms with Crippen molar-refractivity contribution < 1.29 is 26.4 Å². The number of morpholine rings is 1. The Kier molecular flexibility index (Phi) is 6.16. The van der Waals surface area contributed by atoms with Crippen molar-refractivity contribution in [2.24, 2.45) is 0 Å². The third-order valence-electron chi connectivity index (χ3n) is 5.65. The van der Waals surface area contributed by atoms with Gasteiger partial charge in [-0.25, -0.2) is 16.8 Å². The van der Waals surface area contributed by atoms with Crippen LogP contribution in [0.25, 0.3) is 0 Å². The highest BCUT2D eigenvalue weighted by atomic mass is 32.2. The van der Waals surface area contributed by atoms with Crippen LogP contribution in [0.1, 0.15) is 16.8 Å². The van der Waals surface area contributed by atoms with Crippen molar-refractivity contribution in [2.45, 2.75) is 21.5 Å². The van der Waals surface area contributed by atoms with Gasteiger partial charge in [0.25, 0.3) is 5.91 Å². The number of nitrogens with zero attached hydrogens (tertiary/aromatic N) is 2. The van der Waals surface area contributed by atoms with Crippen LogP contribution >= 0.6 is 0 Å². The molecule has 2 aliphatic heterocycles. The molecule has 0 aromatic heterocycles. The third kappa shape index (κ3) is 4.38. The molecule has 1 atom stereocenters. The predicted octanol–water partition coefficient (Wildman–Crippen LogP) is 1.40. The second-order valence-electron chi connectivity index (χ2n) is 7.56. The first-order chi connectivity index (χ1) is 14.8. The molecule has 2 aromatic rings. The monoisotopic (exact) mass is 464 g/mol. The van der Waals surface area contributed by atoms with Crippen LogP contribution in [0.3, 0.4) is 0 Å². The summed E-state index contributed by atoms with van der Waals surface area (Å²) in [7, 11) is -7.15. The molecule has 166 valence electrons. The summed E-state index contributed by atoms with van der Waals surface area (Å²) >= 11 is 0. The lowest BCUT2D eigenvalue weighted by Gasteiger charge is -2.26. The Morgan fingerprint density at radius 2 is 1.48 bits per heavy atom. The number of rotatable bonds is 5. The number of hydrogen-bond acceptors (Lipinski definition) is 6. The number of likely N-dealkylation sites (tertiary alicyclic amines) is 1. The van der Waals surface area contributed by atoms with Gasteiger partial charge >= 0.3 is 0 Å². The van der Waals surface area contributed by atoms with Gasteiger partial charge in [0.15, 0.2) is 9.84 Å². The van der Waals surface area contributed by atoms with E-state index in [9.17, 15) is 21.6 Å². The van der Waals surface area contributed by atoms with Crippen LogP contribution in [0.4, 0.5) is 0 Å². The fourth-order valence-electron chi connectivity index (χ4n) is 3.86. The van der Waals surface area contributed by atoms with Gasteiger partial charge in [-0.15, -0.1) is 0 Å². The van der Waals surface area contributed by atoms with E-state index in [4.69, 9.17) is 4.74 Å². The fourth-order valence-corrected chi connectivity index (χ4v) is 6.98. The molecule has 0 aliphatic carbocycles. The molecule has 4 rings (SSSR count). The molecule has 31 heavy (non-hydrogen) atoms. The van der Waals surface area contributed by atoms with Gasteiger partial charge in [-0.3, -0.25) is 4.79 Å². The summed E-state index contributed by atoms with van der Waals surface area (Å²) in [5.74, 6) is -0.305. The fraction of sp³-hybridized carbons (Fsp3) is 0.381. The van der Waals surface area contributed by atoms with Crippen LogP contribution in [0.15, 0.2) is 64.4 Å². The minimum absolute atomic E-state index is 0.115. The van der Waals surface area contributed by atoms with Crippen molar-refractivity contribution in [3.05, 3.63) is 60.2 Å². The second kappa shape index (κ2) is 8.70. The molecule has 1 amide bonds. The van der Waals surface area contributed by atoms with Crippen LogP contribution in [0.5, 0.6) is 0 Å². The lowest BCUT2D eigenvalue weighted by Crippen LogP contribution is -2.40. The highest BCUT2D eigenvalue weighted by molar-refractivity contribution is 7.92. The summed E-state index contributed by atoms with van der Waals surface area (Å²) in [6, 6.07) is 14.0. The number of ether oxygens (including phenoxy) is 1. The van der Waals surface area contributed by atoms with Crippen molar-refractivity contribution in [3.63, 3.8) is 0 Å². The predicted molar refractivity (Wildman–Crippen MR) is 114 cm³/mol. The minimum Gasteiger partial charge on any atom is -0.379 e. The summed E-state index contributed by atoms with van der Waals surface area (Å²) in [5.41, 5.74) is 0.332. The summed E-state index contributed by atoms with van der Waals surface area (Å²) in [4.78, 5) is 14.8. The first-order valence-electron chi connectivity index (χ1n) is 10.1. The van der Waals surface area contributed by atoms with Crippen molar-refractivity contribution in [1.82, 2.24) is 9.21 Å². The largest absolute Gasteiger partial charge is 0.379 e. The van der Waals surface area contributed by atoms with Crippen molar-refractivity contribution in [2.75, 3.05) is 39.4 Å². The molecule has 1 unspecified atom stereocenters. The third-order valence-corrected chi connectivity index (χ3v) is 9.76. The van der Waals surface area contributed by atoms with Crippen LogP contribution < -0.4 is 0 Å². The Morgan fingerprint density at radius 1 is 0.839 bits per heavy atom. The van der Waals surface area contributed by atoms with Gasteiger partial charge in [-0.1, -0.05) is 18.2 Å². The molecule has 0 bridgehead atoms. The first-order valence-corrected chi connectivity index (χ1v) is 13.0. The van der Waals surface area contributed by atoms with Crippen LogP contribution in [0.2, 0.25) is 0 Å². The lowest BCUT2D eigenvalue weighted by atomic mass is 10.2. The Labute approximate surface area is 182 Å². The van der Waals surface area contributed by atoms with E-state index in [0.717, 1.165) is 0 Å². The maximum atomic E-state index is 12.9. The number of benzene rings is 2. The molecule has 0 saturated carbocycles. The Balaban J connectivity index is 1.46. The van der Waals surface area contributed by atoms with E-state index in [1.165, 1.54) is 33.5 Å². The van der Waals surface area contributed by atoms with Crippen LogP contribution in [-0.2, 0) is 24.6 Å². The number of amides is 1. The minimum atomic E-state index is -3.63. The summed E-state index contributed by atoms with van der Waals surface area (Å²) in [6.07, 6.45) is 0.368. The van der Waals surface area contributed by atoms with Crippen molar-refractivity contribution >= 4 is 25.8 Å². The first kappa shape index (κ1) is 21.9. The topological polar surface area (TPSA) is 101 Å². The van der Waals surface area contributed by atoms with Crippen molar-refractivity contribution in [1.29, 1.82) is 0 Å². The number of sulfone groups is 1. The van der Waals surface area contributed by atoms with Gasteiger partial charge in [0.1, 0.15) is 0 Å². The zero-order chi connectivity index (χ0) is 22.1. The SMILES string of the molecule is O=C(c1ccc(S(=O)(=O)N2CCOCC2)cc1)N1CCC(S(=O)(=O)c2ccccc2)C1. The smallest absolute Gasteiger partial charge is 0.253 e.